The number of nitrogens with zero attached hydrogens (tertiary/aromatic N) is 4. The number of hydrogen-bond donors (Lipinski definition) is 0. The summed E-state index contributed by atoms with van der Waals surface area (Å²) in [5.41, 5.74) is 2.98. The molecule has 170 valence electrons. The first-order valence-corrected chi connectivity index (χ1v) is 11.4. The zero-order chi connectivity index (χ0) is 22.8. The second-order valence-corrected chi connectivity index (χ2v) is 8.53. The number of methoxy groups -OCH3 is 1. The normalized spacial score (nSPS) is 16.3. The van der Waals surface area contributed by atoms with Gasteiger partial charge in [0, 0.05) is 13.0 Å². The van der Waals surface area contributed by atoms with E-state index in [0.29, 0.717) is 18.9 Å². The minimum absolute atomic E-state index is 0.0681. The van der Waals surface area contributed by atoms with Gasteiger partial charge in [0.2, 0.25) is 11.8 Å². The molecule has 7 nitrogen and oxygen atoms in total. The van der Waals surface area contributed by atoms with Crippen LogP contribution in [0.2, 0.25) is 0 Å². The Labute approximate surface area is 193 Å². The highest BCUT2D eigenvalue weighted by Crippen LogP contribution is 2.32. The number of oxazole rings is 1. The Balaban J connectivity index is 1.34. The fourth-order valence-corrected chi connectivity index (χ4v) is 4.65. The highest BCUT2D eigenvalue weighted by Gasteiger charge is 2.31. The Kier molecular flexibility index (Phi) is 5.86. The van der Waals surface area contributed by atoms with Crippen LogP contribution in [0.5, 0.6) is 5.75 Å². The van der Waals surface area contributed by atoms with Gasteiger partial charge in [-0.15, -0.1) is 0 Å². The van der Waals surface area contributed by atoms with Crippen LogP contribution in [0.1, 0.15) is 48.3 Å². The number of likely N-dealkylation sites (tertiary alicyclic amines) is 1. The van der Waals surface area contributed by atoms with Crippen LogP contribution in [0.15, 0.2) is 59.1 Å². The summed E-state index contributed by atoms with van der Waals surface area (Å²) in [6.45, 7) is 2.92. The van der Waals surface area contributed by atoms with Gasteiger partial charge in [0.1, 0.15) is 29.9 Å². The van der Waals surface area contributed by atoms with Crippen LogP contribution >= 0.6 is 0 Å². The van der Waals surface area contributed by atoms with Crippen LogP contribution in [0.3, 0.4) is 0 Å². The minimum atomic E-state index is -0.139. The first-order valence-electron chi connectivity index (χ1n) is 11.4. The Morgan fingerprint density at radius 3 is 2.94 bits per heavy atom. The van der Waals surface area contributed by atoms with E-state index in [1.54, 1.807) is 13.3 Å². The fourth-order valence-electron chi connectivity index (χ4n) is 4.65. The van der Waals surface area contributed by atoms with Crippen LogP contribution in [-0.2, 0) is 17.8 Å². The lowest BCUT2D eigenvalue weighted by Crippen LogP contribution is -2.40. The molecule has 0 saturated carbocycles. The van der Waals surface area contributed by atoms with Crippen molar-refractivity contribution in [3.8, 4) is 5.75 Å². The summed E-state index contributed by atoms with van der Waals surface area (Å²) in [6, 6.07) is 15.7. The predicted molar refractivity (Wildman–Crippen MR) is 125 cm³/mol. The molecule has 1 aliphatic heterocycles. The molecule has 0 aliphatic carbocycles. The summed E-state index contributed by atoms with van der Waals surface area (Å²) in [7, 11) is 1.66. The monoisotopic (exact) mass is 444 g/mol. The lowest BCUT2D eigenvalue weighted by Gasteiger charge is -2.34. The molecule has 1 amide bonds. The molecular formula is C26H28N4O3. The average molecular weight is 445 g/mol. The molecular weight excluding hydrogens is 416 g/mol. The molecule has 1 fully saturated rings. The largest absolute Gasteiger partial charge is 0.497 e. The van der Waals surface area contributed by atoms with Gasteiger partial charge in [-0.05, 0) is 56.0 Å². The number of fused-ring (bicyclic) bond motifs is 1. The van der Waals surface area contributed by atoms with E-state index in [2.05, 4.69) is 9.97 Å². The van der Waals surface area contributed by atoms with E-state index in [0.717, 1.165) is 53.2 Å². The molecule has 0 unspecified atom stereocenters. The van der Waals surface area contributed by atoms with Crippen molar-refractivity contribution in [1.82, 2.24) is 19.4 Å². The molecule has 0 N–H and O–H groups in total. The smallest absolute Gasteiger partial charge is 0.243 e. The highest BCUT2D eigenvalue weighted by molar-refractivity contribution is 5.81. The minimum Gasteiger partial charge on any atom is -0.497 e. The number of aryl methyl sites for hydroxylation is 1. The SMILES string of the molecule is COc1cccc(Cc2cnc([C@H]3CCCCN3C(=O)Cn3c(C)nc4ccccc43)o2)c1. The first kappa shape index (κ1) is 21.2. The number of piperidine rings is 1. The topological polar surface area (TPSA) is 73.4 Å². The van der Waals surface area contributed by atoms with Gasteiger partial charge >= 0.3 is 0 Å². The average Bonchev–Trinajstić information content (AvgIpc) is 3.43. The standard InChI is InChI=1S/C26H28N4O3/c1-18-28-22-10-3-4-11-23(22)30(18)17-25(31)29-13-6-5-12-24(29)26-27-16-21(33-26)15-19-8-7-9-20(14-19)32-2/h3-4,7-11,14,16,24H,5-6,12-13,15,17H2,1-2H3/t24-/m1/s1. The van der Waals surface area contributed by atoms with Crippen molar-refractivity contribution >= 4 is 16.9 Å². The number of rotatable bonds is 6. The number of aromatic nitrogens is 3. The second kappa shape index (κ2) is 9.10. The molecule has 1 saturated heterocycles. The third-order valence-corrected chi connectivity index (χ3v) is 6.33. The maximum Gasteiger partial charge on any atom is 0.243 e. The molecule has 5 rings (SSSR count). The van der Waals surface area contributed by atoms with E-state index in [1.165, 1.54) is 0 Å². The van der Waals surface area contributed by atoms with Crippen LogP contribution in [0.25, 0.3) is 11.0 Å². The molecule has 2 aromatic heterocycles. The van der Waals surface area contributed by atoms with Gasteiger partial charge < -0.3 is 18.6 Å². The third kappa shape index (κ3) is 4.35. The van der Waals surface area contributed by atoms with Crippen LogP contribution in [0.4, 0.5) is 0 Å². The van der Waals surface area contributed by atoms with Gasteiger partial charge in [-0.25, -0.2) is 9.97 Å². The molecule has 1 aliphatic rings. The number of carbonyl (C=O) groups excluding carboxylic acids is 1. The highest BCUT2D eigenvalue weighted by atomic mass is 16.5. The Morgan fingerprint density at radius 1 is 1.18 bits per heavy atom. The molecule has 0 bridgehead atoms. The van der Waals surface area contributed by atoms with E-state index in [4.69, 9.17) is 9.15 Å². The van der Waals surface area contributed by atoms with Gasteiger partial charge in [0.05, 0.1) is 24.3 Å². The Morgan fingerprint density at radius 2 is 2.06 bits per heavy atom. The lowest BCUT2D eigenvalue weighted by molar-refractivity contribution is -0.136. The van der Waals surface area contributed by atoms with E-state index in [1.807, 2.05) is 64.9 Å². The molecule has 4 aromatic rings. The third-order valence-electron chi connectivity index (χ3n) is 6.33. The number of benzene rings is 2. The zero-order valence-corrected chi connectivity index (χ0v) is 19.0. The Bertz CT molecular complexity index is 1280. The van der Waals surface area contributed by atoms with Gasteiger partial charge in [-0.2, -0.15) is 0 Å². The second-order valence-electron chi connectivity index (χ2n) is 8.53. The van der Waals surface area contributed by atoms with Crippen molar-refractivity contribution in [2.75, 3.05) is 13.7 Å². The van der Waals surface area contributed by atoms with Crippen molar-refractivity contribution in [2.24, 2.45) is 0 Å². The fraction of sp³-hybridized carbons (Fsp3) is 0.346. The van der Waals surface area contributed by atoms with E-state index in [9.17, 15) is 4.79 Å². The van der Waals surface area contributed by atoms with Crippen LogP contribution < -0.4 is 4.74 Å². The van der Waals surface area contributed by atoms with Crippen molar-refractivity contribution in [1.29, 1.82) is 0 Å². The molecule has 1 atom stereocenters. The summed E-state index contributed by atoms with van der Waals surface area (Å²) >= 11 is 0. The van der Waals surface area contributed by atoms with Gasteiger partial charge in [0.15, 0.2) is 0 Å². The number of para-hydroxylation sites is 2. The van der Waals surface area contributed by atoms with Crippen LogP contribution in [0, 0.1) is 6.92 Å². The number of amides is 1. The lowest BCUT2D eigenvalue weighted by atomic mass is 10.0. The van der Waals surface area contributed by atoms with Gasteiger partial charge in [-0.3, -0.25) is 4.79 Å². The first-order chi connectivity index (χ1) is 16.1. The summed E-state index contributed by atoms with van der Waals surface area (Å²) < 4.78 is 13.5. The van der Waals surface area contributed by atoms with Crippen molar-refractivity contribution in [3.05, 3.63) is 77.8 Å². The van der Waals surface area contributed by atoms with Gasteiger partial charge in [0.25, 0.3) is 0 Å². The molecule has 2 aromatic carbocycles. The number of hydrogen-bond acceptors (Lipinski definition) is 5. The Hall–Kier alpha value is -3.61. The van der Waals surface area contributed by atoms with Crippen LogP contribution in [-0.4, -0.2) is 39.0 Å². The molecule has 3 heterocycles. The summed E-state index contributed by atoms with van der Waals surface area (Å²) in [5, 5.41) is 0. The summed E-state index contributed by atoms with van der Waals surface area (Å²) in [5.74, 6) is 3.13. The summed E-state index contributed by atoms with van der Waals surface area (Å²) in [4.78, 5) is 24.5. The number of imidazole rings is 1. The maximum absolute atomic E-state index is 13.4. The molecule has 0 radical (unpaired) electrons. The van der Waals surface area contributed by atoms with E-state index >= 15 is 0 Å². The van der Waals surface area contributed by atoms with Gasteiger partial charge in [-0.1, -0.05) is 24.3 Å². The van der Waals surface area contributed by atoms with E-state index in [-0.39, 0.29) is 18.5 Å². The molecule has 0 spiro atoms. The van der Waals surface area contributed by atoms with Crippen molar-refractivity contribution in [3.63, 3.8) is 0 Å². The predicted octanol–water partition coefficient (Wildman–Crippen LogP) is 4.69. The zero-order valence-electron chi connectivity index (χ0n) is 19.0. The maximum atomic E-state index is 13.4. The molecule has 7 heteroatoms. The van der Waals surface area contributed by atoms with Crippen molar-refractivity contribution in [2.45, 2.75) is 45.2 Å². The summed E-state index contributed by atoms with van der Waals surface area (Å²) in [6.07, 6.45) is 5.30. The molecule has 33 heavy (non-hydrogen) atoms. The number of carbonyl (C=O) groups is 1. The quantitative estimate of drug-likeness (QED) is 0.432. The van der Waals surface area contributed by atoms with Crippen molar-refractivity contribution < 1.29 is 13.9 Å². The number of ether oxygens (including phenoxy) is 1. The van der Waals surface area contributed by atoms with E-state index < -0.39 is 0 Å².